The fourth-order valence-corrected chi connectivity index (χ4v) is 6.84. The van der Waals surface area contributed by atoms with Gasteiger partial charge in [-0.3, -0.25) is 0 Å². The van der Waals surface area contributed by atoms with Crippen LogP contribution in [0.3, 0.4) is 0 Å². The normalized spacial score (nSPS) is 16.5. The zero-order valence-electron chi connectivity index (χ0n) is 29.7. The molecule has 1 fully saturated rings. The highest BCUT2D eigenvalue weighted by molar-refractivity contribution is 5.88. The summed E-state index contributed by atoms with van der Waals surface area (Å²) in [4.78, 5) is 24.6. The van der Waals surface area contributed by atoms with Crippen LogP contribution in [0.2, 0.25) is 0 Å². The second kappa shape index (κ2) is 19.3. The van der Waals surface area contributed by atoms with E-state index in [1.165, 1.54) is 65.3 Å². The molecule has 0 aliphatic heterocycles. The molecule has 0 radical (unpaired) electrons. The van der Waals surface area contributed by atoms with Gasteiger partial charge < -0.3 is 19.3 Å². The van der Waals surface area contributed by atoms with E-state index in [9.17, 15) is 14.7 Å². The van der Waals surface area contributed by atoms with E-state index in [1.807, 2.05) is 0 Å². The molecule has 3 aromatic rings. The number of aliphatic hydroxyl groups excluding tert-OH is 1. The number of hydrogen-bond donors (Lipinski definition) is 1. The van der Waals surface area contributed by atoms with Gasteiger partial charge in [0.05, 0.1) is 37.6 Å². The molecule has 1 aliphatic rings. The maximum absolute atomic E-state index is 12.4. The molecule has 49 heavy (non-hydrogen) atoms. The van der Waals surface area contributed by atoms with Crippen molar-refractivity contribution in [2.75, 3.05) is 33.5 Å². The van der Waals surface area contributed by atoms with Gasteiger partial charge in [0.25, 0.3) is 0 Å². The number of carbonyl (C=O) groups excluding carboxylic acids is 2. The second-order valence-electron chi connectivity index (χ2n) is 13.4. The fourth-order valence-electron chi connectivity index (χ4n) is 6.84. The number of carbonyl (C=O) groups is 2. The van der Waals surface area contributed by atoms with Gasteiger partial charge in [-0.05, 0) is 95.7 Å². The molecule has 1 aliphatic carbocycles. The summed E-state index contributed by atoms with van der Waals surface area (Å²) in [6.45, 7) is 11.6. The van der Waals surface area contributed by atoms with Crippen molar-refractivity contribution in [1.29, 1.82) is 0 Å². The van der Waals surface area contributed by atoms with Gasteiger partial charge in [0.2, 0.25) is 0 Å². The molecular formula is C43H54O6. The molecule has 0 saturated heterocycles. The van der Waals surface area contributed by atoms with Crippen molar-refractivity contribution in [3.05, 3.63) is 108 Å². The Morgan fingerprint density at radius 3 is 2.00 bits per heavy atom. The third-order valence-electron chi connectivity index (χ3n) is 9.92. The van der Waals surface area contributed by atoms with Crippen molar-refractivity contribution in [3.8, 4) is 22.3 Å². The summed E-state index contributed by atoms with van der Waals surface area (Å²) in [5.74, 6) is -0.664. The number of aryl methyl sites for hydroxylation is 2. The van der Waals surface area contributed by atoms with Crippen molar-refractivity contribution in [1.82, 2.24) is 0 Å². The van der Waals surface area contributed by atoms with E-state index in [1.54, 1.807) is 0 Å². The standard InChI is InChI=1S/C43H54O6/c1-6-8-9-10-32-11-13-36(14-12-32)39-23-24-41(33(7-2)25-39)38-21-19-35(20-22-38)34-15-17-37(18-16-34)40(28-48-42(45)30(3)26-44)29-49-43(46)31(4)27-47-5/h11-14,19-25,34,37,40,44H,3-4,6-10,15-18,26-29H2,1-2,5H3. The fraction of sp³-hybridized carbons (Fsp3) is 0.442. The number of methoxy groups -OCH3 is 1. The third-order valence-corrected chi connectivity index (χ3v) is 9.92. The van der Waals surface area contributed by atoms with Gasteiger partial charge in [-0.1, -0.05) is 107 Å². The van der Waals surface area contributed by atoms with E-state index in [-0.39, 0.29) is 42.8 Å². The summed E-state index contributed by atoms with van der Waals surface area (Å²) in [5, 5.41) is 9.25. The summed E-state index contributed by atoms with van der Waals surface area (Å²) in [5.41, 5.74) is 9.36. The topological polar surface area (TPSA) is 82.1 Å². The Kier molecular flexibility index (Phi) is 14.9. The lowest BCUT2D eigenvalue weighted by Gasteiger charge is -2.33. The smallest absolute Gasteiger partial charge is 0.335 e. The first-order valence-corrected chi connectivity index (χ1v) is 17.9. The van der Waals surface area contributed by atoms with Crippen LogP contribution in [0.25, 0.3) is 22.3 Å². The van der Waals surface area contributed by atoms with E-state index in [4.69, 9.17) is 14.2 Å². The maximum atomic E-state index is 12.4. The highest BCUT2D eigenvalue weighted by atomic mass is 16.5. The molecule has 1 saturated carbocycles. The molecule has 0 bridgehead atoms. The van der Waals surface area contributed by atoms with Crippen LogP contribution >= 0.6 is 0 Å². The summed E-state index contributed by atoms with van der Waals surface area (Å²) in [6, 6.07) is 25.0. The molecular weight excluding hydrogens is 612 g/mol. The van der Waals surface area contributed by atoms with Crippen molar-refractivity contribution in [3.63, 3.8) is 0 Å². The SMILES string of the molecule is C=C(CO)C(=O)OCC(COC(=O)C(=C)COC)C1CCC(c2ccc(-c3ccc(-c4ccc(CCCCC)cc4)cc3CC)cc2)CC1. The molecule has 0 spiro atoms. The van der Waals surface area contributed by atoms with Crippen LogP contribution in [0.5, 0.6) is 0 Å². The second-order valence-corrected chi connectivity index (χ2v) is 13.4. The average molecular weight is 667 g/mol. The Hall–Kier alpha value is -4.00. The minimum atomic E-state index is -0.635. The molecule has 3 aromatic carbocycles. The minimum absolute atomic E-state index is 0.00108. The lowest BCUT2D eigenvalue weighted by atomic mass is 9.74. The lowest BCUT2D eigenvalue weighted by molar-refractivity contribution is -0.146. The largest absolute Gasteiger partial charge is 0.462 e. The Labute approximate surface area is 293 Å². The van der Waals surface area contributed by atoms with Gasteiger partial charge >= 0.3 is 11.9 Å². The zero-order chi connectivity index (χ0) is 35.2. The molecule has 0 heterocycles. The maximum Gasteiger partial charge on any atom is 0.335 e. The first-order chi connectivity index (χ1) is 23.8. The van der Waals surface area contributed by atoms with Gasteiger partial charge in [0, 0.05) is 13.0 Å². The molecule has 1 N–H and O–H groups in total. The van der Waals surface area contributed by atoms with E-state index < -0.39 is 18.5 Å². The quantitative estimate of drug-likeness (QED) is 0.0829. The van der Waals surface area contributed by atoms with Crippen LogP contribution in [0.4, 0.5) is 0 Å². The predicted molar refractivity (Wildman–Crippen MR) is 197 cm³/mol. The van der Waals surface area contributed by atoms with Crippen molar-refractivity contribution >= 4 is 11.9 Å². The Bertz CT molecular complexity index is 1530. The van der Waals surface area contributed by atoms with Crippen LogP contribution in [0, 0.1) is 11.8 Å². The lowest BCUT2D eigenvalue weighted by Crippen LogP contribution is -2.31. The van der Waals surface area contributed by atoms with Crippen LogP contribution < -0.4 is 0 Å². The van der Waals surface area contributed by atoms with Crippen molar-refractivity contribution in [2.24, 2.45) is 11.8 Å². The summed E-state index contributed by atoms with van der Waals surface area (Å²) < 4.78 is 16.0. The number of unbranched alkanes of at least 4 members (excludes halogenated alkanes) is 2. The first-order valence-electron chi connectivity index (χ1n) is 17.9. The van der Waals surface area contributed by atoms with Crippen LogP contribution in [0.15, 0.2) is 91.0 Å². The molecule has 262 valence electrons. The van der Waals surface area contributed by atoms with Crippen LogP contribution in [-0.2, 0) is 36.6 Å². The van der Waals surface area contributed by atoms with E-state index >= 15 is 0 Å². The summed E-state index contributed by atoms with van der Waals surface area (Å²) >= 11 is 0. The zero-order valence-corrected chi connectivity index (χ0v) is 29.7. The number of rotatable bonds is 18. The Morgan fingerprint density at radius 2 is 1.41 bits per heavy atom. The third kappa shape index (κ3) is 10.7. The van der Waals surface area contributed by atoms with Gasteiger partial charge in [-0.25, -0.2) is 9.59 Å². The van der Waals surface area contributed by atoms with Crippen LogP contribution in [-0.4, -0.2) is 50.6 Å². The van der Waals surface area contributed by atoms with Crippen molar-refractivity contribution in [2.45, 2.75) is 77.6 Å². The average Bonchev–Trinajstić information content (AvgIpc) is 3.14. The molecule has 1 unspecified atom stereocenters. The van der Waals surface area contributed by atoms with E-state index in [0.717, 1.165) is 38.5 Å². The monoisotopic (exact) mass is 666 g/mol. The minimum Gasteiger partial charge on any atom is -0.462 e. The molecule has 4 rings (SSSR count). The van der Waals surface area contributed by atoms with Gasteiger partial charge in [0.1, 0.15) is 0 Å². The summed E-state index contributed by atoms with van der Waals surface area (Å²) in [6.07, 6.45) is 9.72. The highest BCUT2D eigenvalue weighted by Crippen LogP contribution is 2.40. The number of hydrogen-bond acceptors (Lipinski definition) is 6. The predicted octanol–water partition coefficient (Wildman–Crippen LogP) is 9.04. The van der Waals surface area contributed by atoms with Gasteiger partial charge in [-0.2, -0.15) is 0 Å². The van der Waals surface area contributed by atoms with E-state index in [0.29, 0.717) is 5.92 Å². The van der Waals surface area contributed by atoms with Crippen LogP contribution in [0.1, 0.15) is 81.4 Å². The Balaban J connectivity index is 1.38. The highest BCUT2D eigenvalue weighted by Gasteiger charge is 2.31. The van der Waals surface area contributed by atoms with E-state index in [2.05, 4.69) is 93.7 Å². The molecule has 6 heteroatoms. The number of ether oxygens (including phenoxy) is 3. The first kappa shape index (κ1) is 37.8. The van der Waals surface area contributed by atoms with Gasteiger partial charge in [-0.15, -0.1) is 0 Å². The number of esters is 2. The summed E-state index contributed by atoms with van der Waals surface area (Å²) in [7, 11) is 1.50. The molecule has 6 nitrogen and oxygen atoms in total. The van der Waals surface area contributed by atoms with Gasteiger partial charge in [0.15, 0.2) is 0 Å². The molecule has 0 amide bonds. The number of aliphatic hydroxyl groups is 1. The molecule has 0 aromatic heterocycles. The molecule has 1 atom stereocenters. The van der Waals surface area contributed by atoms with Crippen molar-refractivity contribution < 1.29 is 28.9 Å². The Morgan fingerprint density at radius 1 is 0.796 bits per heavy atom. The number of benzene rings is 3.